The van der Waals surface area contributed by atoms with E-state index in [-0.39, 0.29) is 18.2 Å². The molecule has 134 valence electrons. The summed E-state index contributed by atoms with van der Waals surface area (Å²) in [4.78, 5) is 29.6. The lowest BCUT2D eigenvalue weighted by Crippen LogP contribution is -2.16. The van der Waals surface area contributed by atoms with Gasteiger partial charge in [-0.2, -0.15) is 0 Å². The summed E-state index contributed by atoms with van der Waals surface area (Å²) in [6, 6.07) is 9.74. The van der Waals surface area contributed by atoms with Crippen molar-refractivity contribution in [3.05, 3.63) is 62.8 Å². The van der Waals surface area contributed by atoms with Crippen LogP contribution in [0.4, 0.5) is 10.8 Å². The quantitative estimate of drug-likeness (QED) is 0.668. The molecule has 1 aromatic carbocycles. The number of anilines is 2. The first-order valence-electron chi connectivity index (χ1n) is 8.13. The number of hydrogen-bond acceptors (Lipinski definition) is 5. The molecule has 3 aromatic rings. The zero-order valence-electron chi connectivity index (χ0n) is 14.5. The van der Waals surface area contributed by atoms with Crippen LogP contribution in [0.15, 0.2) is 41.1 Å². The number of nitrogens with zero attached hydrogens (tertiary/aromatic N) is 1. The molecule has 0 saturated carbocycles. The van der Waals surface area contributed by atoms with Crippen molar-refractivity contribution in [2.75, 3.05) is 10.6 Å². The Morgan fingerprint density at radius 1 is 1.04 bits per heavy atom. The van der Waals surface area contributed by atoms with Gasteiger partial charge in [0.1, 0.15) is 0 Å². The molecule has 2 N–H and O–H groups in total. The minimum atomic E-state index is -0.126. The number of amides is 2. The van der Waals surface area contributed by atoms with Gasteiger partial charge in [-0.1, -0.05) is 23.8 Å². The van der Waals surface area contributed by atoms with Crippen LogP contribution in [0.3, 0.4) is 0 Å². The van der Waals surface area contributed by atoms with Crippen LogP contribution in [-0.2, 0) is 22.4 Å². The molecule has 2 aromatic heterocycles. The number of thiophene rings is 1. The van der Waals surface area contributed by atoms with Gasteiger partial charge < -0.3 is 10.6 Å². The van der Waals surface area contributed by atoms with E-state index in [1.165, 1.54) is 11.3 Å². The van der Waals surface area contributed by atoms with E-state index < -0.39 is 0 Å². The smallest absolute Gasteiger partial charge is 0.231 e. The zero-order chi connectivity index (χ0) is 18.5. The average molecular weight is 386 g/mol. The monoisotopic (exact) mass is 385 g/mol. The highest BCUT2D eigenvalue weighted by molar-refractivity contribution is 7.14. The van der Waals surface area contributed by atoms with Gasteiger partial charge in [0.25, 0.3) is 0 Å². The van der Waals surface area contributed by atoms with Crippen molar-refractivity contribution in [3.63, 3.8) is 0 Å². The molecule has 0 aliphatic rings. The normalized spacial score (nSPS) is 10.5. The maximum Gasteiger partial charge on any atom is 0.231 e. The molecule has 3 rings (SSSR count). The van der Waals surface area contributed by atoms with Crippen LogP contribution in [0.5, 0.6) is 0 Å². The summed E-state index contributed by atoms with van der Waals surface area (Å²) < 4.78 is 0. The third-order valence-corrected chi connectivity index (χ3v) is 5.39. The first-order chi connectivity index (χ1) is 12.5. The number of thiazole rings is 1. The van der Waals surface area contributed by atoms with Crippen LogP contribution in [0.1, 0.15) is 21.7 Å². The molecule has 0 unspecified atom stereocenters. The lowest BCUT2D eigenvalue weighted by atomic mass is 10.1. The fourth-order valence-corrected chi connectivity index (χ4v) is 3.92. The number of hydrogen-bond donors (Lipinski definition) is 2. The highest BCUT2D eigenvalue weighted by atomic mass is 32.1. The van der Waals surface area contributed by atoms with E-state index in [4.69, 9.17) is 0 Å². The molecule has 5 nitrogen and oxygen atoms in total. The minimum Gasteiger partial charge on any atom is -0.326 e. The summed E-state index contributed by atoms with van der Waals surface area (Å²) in [5.41, 5.74) is 3.63. The maximum absolute atomic E-state index is 12.2. The number of nitrogens with one attached hydrogen (secondary N) is 2. The van der Waals surface area contributed by atoms with Crippen LogP contribution in [0.2, 0.25) is 0 Å². The molecule has 0 aliphatic heterocycles. The number of aromatic nitrogens is 1. The maximum atomic E-state index is 12.2. The lowest BCUT2D eigenvalue weighted by molar-refractivity contribution is -0.116. The molecule has 0 spiro atoms. The van der Waals surface area contributed by atoms with Gasteiger partial charge in [-0.15, -0.1) is 22.7 Å². The van der Waals surface area contributed by atoms with E-state index in [1.807, 2.05) is 49.6 Å². The van der Waals surface area contributed by atoms with Gasteiger partial charge in [0.15, 0.2) is 5.13 Å². The van der Waals surface area contributed by atoms with Crippen molar-refractivity contribution >= 4 is 45.3 Å². The van der Waals surface area contributed by atoms with E-state index in [0.717, 1.165) is 21.7 Å². The summed E-state index contributed by atoms with van der Waals surface area (Å²) in [6.45, 7) is 3.98. The summed E-state index contributed by atoms with van der Waals surface area (Å²) in [7, 11) is 0. The molecule has 0 aliphatic carbocycles. The molecule has 0 bridgehead atoms. The van der Waals surface area contributed by atoms with Crippen LogP contribution in [-0.4, -0.2) is 16.8 Å². The number of carbonyl (C=O) groups excluding carboxylic acids is 2. The summed E-state index contributed by atoms with van der Waals surface area (Å²) >= 11 is 2.87. The van der Waals surface area contributed by atoms with Crippen LogP contribution in [0, 0.1) is 13.8 Å². The molecule has 0 radical (unpaired) electrons. The highest BCUT2D eigenvalue weighted by Gasteiger charge is 2.11. The number of aryl methyl sites for hydroxylation is 2. The lowest BCUT2D eigenvalue weighted by Gasteiger charge is -2.08. The number of carbonyl (C=O) groups is 2. The van der Waals surface area contributed by atoms with Crippen LogP contribution >= 0.6 is 22.7 Å². The standard InChI is InChI=1S/C19H19N3O2S2/c1-12-5-6-16(13(2)8-12)21-17(23)9-14-11-26-19(20-14)22-18(24)10-15-4-3-7-25-15/h3-8,11H,9-10H2,1-2H3,(H,21,23)(H,20,22,24). The second kappa shape index (κ2) is 8.25. The Balaban J connectivity index is 1.54. The SMILES string of the molecule is Cc1ccc(NC(=O)Cc2csc(NC(=O)Cc3cccs3)n2)c(C)c1. The Bertz CT molecular complexity index is 917. The third kappa shape index (κ3) is 5.00. The van der Waals surface area contributed by atoms with Gasteiger partial charge in [-0.25, -0.2) is 4.98 Å². The molecule has 0 atom stereocenters. The van der Waals surface area contributed by atoms with Crippen molar-refractivity contribution in [1.82, 2.24) is 4.98 Å². The Morgan fingerprint density at radius 3 is 2.58 bits per heavy atom. The predicted molar refractivity (Wildman–Crippen MR) is 107 cm³/mol. The van der Waals surface area contributed by atoms with E-state index in [1.54, 1.807) is 16.7 Å². The Labute approximate surface area is 160 Å². The topological polar surface area (TPSA) is 71.1 Å². The fraction of sp³-hybridized carbons (Fsp3) is 0.211. The van der Waals surface area contributed by atoms with Crippen molar-refractivity contribution in [3.8, 4) is 0 Å². The summed E-state index contributed by atoms with van der Waals surface area (Å²) in [5, 5.41) is 9.94. The van der Waals surface area contributed by atoms with Gasteiger partial charge in [0.05, 0.1) is 18.5 Å². The molecule has 0 fully saturated rings. The molecule has 26 heavy (non-hydrogen) atoms. The van der Waals surface area contributed by atoms with Gasteiger partial charge >= 0.3 is 0 Å². The fourth-order valence-electron chi connectivity index (χ4n) is 2.49. The van der Waals surface area contributed by atoms with Gasteiger partial charge in [-0.3, -0.25) is 9.59 Å². The molecule has 2 heterocycles. The van der Waals surface area contributed by atoms with E-state index in [9.17, 15) is 9.59 Å². The Kier molecular flexibility index (Phi) is 5.80. The summed E-state index contributed by atoms with van der Waals surface area (Å²) in [5.74, 6) is -0.230. The minimum absolute atomic E-state index is 0.104. The van der Waals surface area contributed by atoms with Gasteiger partial charge in [0, 0.05) is 15.9 Å². The molecular weight excluding hydrogens is 366 g/mol. The van der Waals surface area contributed by atoms with Crippen molar-refractivity contribution in [1.29, 1.82) is 0 Å². The van der Waals surface area contributed by atoms with E-state index in [0.29, 0.717) is 17.2 Å². The zero-order valence-corrected chi connectivity index (χ0v) is 16.2. The largest absolute Gasteiger partial charge is 0.326 e. The molecule has 0 saturated heterocycles. The predicted octanol–water partition coefficient (Wildman–Crippen LogP) is 4.18. The second-order valence-corrected chi connectivity index (χ2v) is 7.88. The molecule has 2 amide bonds. The van der Waals surface area contributed by atoms with Gasteiger partial charge in [0.2, 0.25) is 11.8 Å². The van der Waals surface area contributed by atoms with E-state index in [2.05, 4.69) is 15.6 Å². The third-order valence-electron chi connectivity index (χ3n) is 3.71. The first-order valence-corrected chi connectivity index (χ1v) is 9.89. The number of benzene rings is 1. The van der Waals surface area contributed by atoms with Crippen molar-refractivity contribution in [2.24, 2.45) is 0 Å². The van der Waals surface area contributed by atoms with Crippen LogP contribution in [0.25, 0.3) is 0 Å². The van der Waals surface area contributed by atoms with E-state index >= 15 is 0 Å². The van der Waals surface area contributed by atoms with Crippen LogP contribution < -0.4 is 10.6 Å². The molecular formula is C19H19N3O2S2. The second-order valence-electron chi connectivity index (χ2n) is 5.99. The molecule has 7 heteroatoms. The van der Waals surface area contributed by atoms with Crippen molar-refractivity contribution < 1.29 is 9.59 Å². The first kappa shape index (κ1) is 18.3. The highest BCUT2D eigenvalue weighted by Crippen LogP contribution is 2.19. The average Bonchev–Trinajstić information content (AvgIpc) is 3.22. The van der Waals surface area contributed by atoms with Crippen molar-refractivity contribution in [2.45, 2.75) is 26.7 Å². The Morgan fingerprint density at radius 2 is 1.85 bits per heavy atom. The summed E-state index contributed by atoms with van der Waals surface area (Å²) in [6.07, 6.45) is 0.504. The number of rotatable bonds is 6. The Hall–Kier alpha value is -2.51. The van der Waals surface area contributed by atoms with Gasteiger partial charge in [-0.05, 0) is 36.9 Å².